The molecule has 0 atom stereocenters. The lowest BCUT2D eigenvalue weighted by Crippen LogP contribution is -2.05. The first kappa shape index (κ1) is 8.09. The second-order valence-corrected chi connectivity index (χ2v) is 4.18. The van der Waals surface area contributed by atoms with Crippen molar-refractivity contribution in [3.8, 4) is 0 Å². The maximum Gasteiger partial charge on any atom is 0.166 e. The van der Waals surface area contributed by atoms with Crippen molar-refractivity contribution in [2.45, 2.75) is 38.5 Å². The van der Waals surface area contributed by atoms with E-state index in [1.807, 2.05) is 6.92 Å². The molecule has 0 aromatic carbocycles. The van der Waals surface area contributed by atoms with Gasteiger partial charge in [-0.1, -0.05) is 0 Å². The first-order valence-electron chi connectivity index (χ1n) is 5.16. The van der Waals surface area contributed by atoms with Gasteiger partial charge in [0, 0.05) is 12.3 Å². The van der Waals surface area contributed by atoms with Crippen molar-refractivity contribution < 1.29 is 4.79 Å². The fraction of sp³-hybridized carbons (Fsp3) is 0.545. The van der Waals surface area contributed by atoms with E-state index in [-0.39, 0.29) is 5.78 Å². The van der Waals surface area contributed by atoms with Crippen molar-refractivity contribution in [3.05, 3.63) is 22.8 Å². The molecular weight excluding hydrogens is 176 g/mol. The van der Waals surface area contributed by atoms with Gasteiger partial charge < -0.3 is 0 Å². The fourth-order valence-corrected chi connectivity index (χ4v) is 2.15. The van der Waals surface area contributed by atoms with Gasteiger partial charge in [0.2, 0.25) is 0 Å². The summed E-state index contributed by atoms with van der Waals surface area (Å²) < 4.78 is 0. The third-order valence-electron chi connectivity index (χ3n) is 2.96. The van der Waals surface area contributed by atoms with Crippen LogP contribution in [0.4, 0.5) is 0 Å². The maximum atomic E-state index is 11.6. The van der Waals surface area contributed by atoms with Gasteiger partial charge >= 0.3 is 0 Å². The van der Waals surface area contributed by atoms with Crippen LogP contribution in [0.2, 0.25) is 0 Å². The molecule has 1 saturated carbocycles. The highest BCUT2D eigenvalue weighted by Gasteiger charge is 2.34. The highest BCUT2D eigenvalue weighted by Crippen LogP contribution is 2.42. The lowest BCUT2D eigenvalue weighted by molar-refractivity contribution is 0.0993. The van der Waals surface area contributed by atoms with Gasteiger partial charge in [0.15, 0.2) is 5.78 Å². The summed E-state index contributed by atoms with van der Waals surface area (Å²) in [7, 11) is 0. The highest BCUT2D eigenvalue weighted by molar-refractivity contribution is 6.01. The molecule has 2 aliphatic carbocycles. The summed E-state index contributed by atoms with van der Waals surface area (Å²) in [4.78, 5) is 20.4. The Kier molecular flexibility index (Phi) is 1.52. The number of hydrogen-bond acceptors (Lipinski definition) is 3. The molecule has 14 heavy (non-hydrogen) atoms. The third kappa shape index (κ3) is 1.08. The lowest BCUT2D eigenvalue weighted by atomic mass is 10.1. The van der Waals surface area contributed by atoms with E-state index in [9.17, 15) is 4.79 Å². The molecule has 0 bridgehead atoms. The molecule has 2 aliphatic rings. The average Bonchev–Trinajstić information content (AvgIpc) is 2.92. The largest absolute Gasteiger partial charge is 0.294 e. The molecular formula is C11H12N2O. The molecule has 3 heteroatoms. The molecule has 0 aliphatic heterocycles. The summed E-state index contributed by atoms with van der Waals surface area (Å²) in [6, 6.07) is 0. The Hall–Kier alpha value is -1.25. The first-order chi connectivity index (χ1) is 6.75. The smallest absolute Gasteiger partial charge is 0.166 e. The van der Waals surface area contributed by atoms with Gasteiger partial charge in [-0.15, -0.1) is 0 Å². The minimum atomic E-state index is 0.252. The second kappa shape index (κ2) is 2.62. The summed E-state index contributed by atoms with van der Waals surface area (Å²) in [5.74, 6) is 1.62. The number of carbonyl (C=O) groups excluding carboxylic acids is 1. The Labute approximate surface area is 82.6 Å². The zero-order chi connectivity index (χ0) is 9.71. The van der Waals surface area contributed by atoms with Crippen LogP contribution in [0, 0.1) is 6.92 Å². The van der Waals surface area contributed by atoms with E-state index < -0.39 is 0 Å². The van der Waals surface area contributed by atoms with E-state index in [0.29, 0.717) is 12.3 Å². The number of nitrogens with zero attached hydrogens (tertiary/aromatic N) is 2. The Bertz CT molecular complexity index is 422. The molecule has 0 radical (unpaired) electrons. The van der Waals surface area contributed by atoms with Crippen molar-refractivity contribution >= 4 is 5.78 Å². The predicted octanol–water partition coefficient (Wildman–Crippen LogP) is 1.79. The minimum absolute atomic E-state index is 0.252. The van der Waals surface area contributed by atoms with Gasteiger partial charge in [0.05, 0.1) is 17.0 Å². The molecule has 0 spiro atoms. The number of fused-ring (bicyclic) bond motifs is 1. The second-order valence-electron chi connectivity index (χ2n) is 4.18. The number of ketones is 1. The van der Waals surface area contributed by atoms with Crippen LogP contribution < -0.4 is 0 Å². The topological polar surface area (TPSA) is 42.9 Å². The SMILES string of the molecule is Cc1nc2c(c(C3CC3)n1)C(=O)CC2. The van der Waals surface area contributed by atoms with Gasteiger partial charge in [-0.2, -0.15) is 0 Å². The molecule has 0 saturated heterocycles. The fourth-order valence-electron chi connectivity index (χ4n) is 2.15. The summed E-state index contributed by atoms with van der Waals surface area (Å²) >= 11 is 0. The summed E-state index contributed by atoms with van der Waals surface area (Å²) in [6.07, 6.45) is 3.83. The molecule has 0 amide bonds. The van der Waals surface area contributed by atoms with E-state index in [4.69, 9.17) is 0 Å². The van der Waals surface area contributed by atoms with Crippen LogP contribution in [0.15, 0.2) is 0 Å². The van der Waals surface area contributed by atoms with Crippen LogP contribution in [0.1, 0.15) is 52.8 Å². The number of aromatic nitrogens is 2. The standard InChI is InChI=1S/C11H12N2O/c1-6-12-8-4-5-9(14)10(8)11(13-6)7-2-3-7/h7H,2-5H2,1H3. The van der Waals surface area contributed by atoms with E-state index >= 15 is 0 Å². The van der Waals surface area contributed by atoms with Crippen LogP contribution in [0.3, 0.4) is 0 Å². The van der Waals surface area contributed by atoms with Crippen LogP contribution in [-0.4, -0.2) is 15.8 Å². The van der Waals surface area contributed by atoms with Crippen molar-refractivity contribution in [2.24, 2.45) is 0 Å². The number of rotatable bonds is 1. The van der Waals surface area contributed by atoms with E-state index in [1.54, 1.807) is 0 Å². The highest BCUT2D eigenvalue weighted by atomic mass is 16.1. The molecule has 1 aromatic heterocycles. The Balaban J connectivity index is 2.22. The van der Waals surface area contributed by atoms with Gasteiger partial charge in [-0.05, 0) is 26.2 Å². The van der Waals surface area contributed by atoms with E-state index in [1.165, 1.54) is 12.8 Å². The molecule has 1 aromatic rings. The van der Waals surface area contributed by atoms with E-state index in [0.717, 1.165) is 29.2 Å². The van der Waals surface area contributed by atoms with Crippen LogP contribution in [-0.2, 0) is 6.42 Å². The quantitative estimate of drug-likeness (QED) is 0.674. The monoisotopic (exact) mass is 188 g/mol. The zero-order valence-electron chi connectivity index (χ0n) is 8.21. The zero-order valence-corrected chi connectivity index (χ0v) is 8.21. The van der Waals surface area contributed by atoms with Crippen LogP contribution in [0.25, 0.3) is 0 Å². The van der Waals surface area contributed by atoms with Crippen molar-refractivity contribution in [3.63, 3.8) is 0 Å². The third-order valence-corrected chi connectivity index (χ3v) is 2.96. The lowest BCUT2D eigenvalue weighted by Gasteiger charge is -2.05. The van der Waals surface area contributed by atoms with Crippen LogP contribution in [0.5, 0.6) is 0 Å². The maximum absolute atomic E-state index is 11.6. The molecule has 1 fully saturated rings. The van der Waals surface area contributed by atoms with E-state index in [2.05, 4.69) is 9.97 Å². The molecule has 1 heterocycles. The van der Waals surface area contributed by atoms with Gasteiger partial charge in [0.25, 0.3) is 0 Å². The first-order valence-corrected chi connectivity index (χ1v) is 5.16. The van der Waals surface area contributed by atoms with Crippen LogP contribution >= 0.6 is 0 Å². The Morgan fingerprint density at radius 2 is 2.00 bits per heavy atom. The van der Waals surface area contributed by atoms with Gasteiger partial charge in [-0.25, -0.2) is 9.97 Å². The molecule has 3 rings (SSSR count). The van der Waals surface area contributed by atoms with Gasteiger partial charge in [-0.3, -0.25) is 4.79 Å². The molecule has 0 unspecified atom stereocenters. The number of carbonyl (C=O) groups is 1. The van der Waals surface area contributed by atoms with Crippen molar-refractivity contribution in [2.75, 3.05) is 0 Å². The molecule has 72 valence electrons. The Morgan fingerprint density at radius 1 is 1.21 bits per heavy atom. The van der Waals surface area contributed by atoms with Crippen molar-refractivity contribution in [1.29, 1.82) is 0 Å². The summed E-state index contributed by atoms with van der Waals surface area (Å²) in [6.45, 7) is 1.91. The number of Topliss-reactive ketones (excluding diaryl/α,β-unsaturated/α-hetero) is 1. The van der Waals surface area contributed by atoms with Crippen molar-refractivity contribution in [1.82, 2.24) is 9.97 Å². The molecule has 0 N–H and O–H groups in total. The van der Waals surface area contributed by atoms with Gasteiger partial charge in [0.1, 0.15) is 5.82 Å². The summed E-state index contributed by atoms with van der Waals surface area (Å²) in [5, 5.41) is 0. The predicted molar refractivity (Wildman–Crippen MR) is 51.4 cm³/mol. The number of aryl methyl sites for hydroxylation is 2. The summed E-state index contributed by atoms with van der Waals surface area (Å²) in [5.41, 5.74) is 2.89. The minimum Gasteiger partial charge on any atom is -0.294 e. The molecule has 3 nitrogen and oxygen atoms in total. The Morgan fingerprint density at radius 3 is 2.71 bits per heavy atom. The normalized spacial score (nSPS) is 19.9. The number of hydrogen-bond donors (Lipinski definition) is 0. The average molecular weight is 188 g/mol.